The molecule has 10 aromatic rings. The first-order valence-electron chi connectivity index (χ1n) is 43.1. The fraction of sp³-hybridized carbons (Fsp3) is 0.368. The summed E-state index contributed by atoms with van der Waals surface area (Å²) in [4.78, 5) is 163. The molecule has 0 radical (unpaired) electrons. The second kappa shape index (κ2) is 66.6. The second-order valence-electron chi connectivity index (χ2n) is 32.8. The van der Waals surface area contributed by atoms with Crippen LogP contribution in [-0.2, 0) is 112 Å². The Kier molecular flexibility index (Phi) is 57.5. The van der Waals surface area contributed by atoms with E-state index >= 15 is 0 Å². The van der Waals surface area contributed by atoms with Crippen molar-refractivity contribution in [3.05, 3.63) is 261 Å². The van der Waals surface area contributed by atoms with Crippen LogP contribution in [0.3, 0.4) is 0 Å². The van der Waals surface area contributed by atoms with E-state index < -0.39 is 58.6 Å². The number of aromatic amines is 1. The summed E-state index contributed by atoms with van der Waals surface area (Å²) in [6.45, 7) is 27.3. The molecule has 0 aliphatic carbocycles. The van der Waals surface area contributed by atoms with E-state index in [1.165, 1.54) is 11.6 Å². The lowest BCUT2D eigenvalue weighted by molar-refractivity contribution is -0.137. The minimum atomic E-state index is -0.919. The van der Waals surface area contributed by atoms with Crippen LogP contribution in [0.1, 0.15) is 138 Å². The zero-order valence-corrected chi connectivity index (χ0v) is 79.2. The number of carboxylic acid groups (broad SMARTS) is 8. The molecule has 42 heteroatoms. The van der Waals surface area contributed by atoms with Crippen molar-refractivity contribution in [2.75, 3.05) is 87.1 Å². The summed E-state index contributed by atoms with van der Waals surface area (Å²) >= 11 is 0. The van der Waals surface area contributed by atoms with Gasteiger partial charge in [-0.25, -0.2) is 19.9 Å². The van der Waals surface area contributed by atoms with Gasteiger partial charge in [0, 0.05) is 136 Å². The first-order valence-corrected chi connectivity index (χ1v) is 43.1. The van der Waals surface area contributed by atoms with E-state index in [2.05, 4.69) is 129 Å². The monoisotopic (exact) mass is 1900 g/mol. The van der Waals surface area contributed by atoms with Crippen molar-refractivity contribution in [2.24, 2.45) is 10.8 Å². The van der Waals surface area contributed by atoms with Gasteiger partial charge in [0.2, 0.25) is 17.4 Å². The Balaban J connectivity index is 0.000000524. The average Bonchev–Trinajstić information content (AvgIpc) is 0.843. The number of carbonyl (C=O) groups is 11. The van der Waals surface area contributed by atoms with Crippen LogP contribution in [0, 0.1) is 24.7 Å². The number of H-pyrrole nitrogens is 1. The maximum absolute atomic E-state index is 11.8. The lowest BCUT2D eigenvalue weighted by Gasteiger charge is -2.21. The summed E-state index contributed by atoms with van der Waals surface area (Å²) in [5.41, 5.74) is 13.8. The van der Waals surface area contributed by atoms with Crippen LogP contribution in [0.25, 0.3) is 10.8 Å². The van der Waals surface area contributed by atoms with E-state index in [1.807, 2.05) is 152 Å². The maximum atomic E-state index is 11.8. The molecule has 23 N–H and O–H groups in total. The topological polar surface area (TPSA) is 656 Å². The van der Waals surface area contributed by atoms with Gasteiger partial charge >= 0.3 is 47.8 Å². The Morgan fingerprint density at radius 3 is 1.18 bits per heavy atom. The highest BCUT2D eigenvalue weighted by Gasteiger charge is 2.23. The molecule has 0 aliphatic heterocycles. The number of anilines is 4. The predicted octanol–water partition coefficient (Wildman–Crippen LogP) is 7.06. The van der Waals surface area contributed by atoms with Gasteiger partial charge in [0.15, 0.2) is 0 Å². The number of nitrogen functional groups attached to an aromatic ring is 1. The van der Waals surface area contributed by atoms with Gasteiger partial charge in [0.05, 0.1) is 98.6 Å². The normalized spacial score (nSPS) is 10.5. The molecule has 1 aromatic carbocycles. The number of aliphatic carboxylic acids is 8. The number of pyridine rings is 9. The van der Waals surface area contributed by atoms with Crippen molar-refractivity contribution in [1.29, 1.82) is 0 Å². The molecule has 137 heavy (non-hydrogen) atoms. The maximum Gasteiger partial charge on any atom is 0.317 e. The fourth-order valence-electron chi connectivity index (χ4n) is 10.2. The van der Waals surface area contributed by atoms with Crippen LogP contribution < -0.4 is 75.1 Å². The number of carboxylic acids is 8. The summed E-state index contributed by atoms with van der Waals surface area (Å²) in [6, 6.07) is 49.6. The number of nitrogens with one attached hydrogen (secondary N) is 13. The molecular weight excluding hydrogens is 1770 g/mol. The van der Waals surface area contributed by atoms with E-state index in [0.717, 1.165) is 68.4 Å². The number of nitrogens with zero attached hydrogens (tertiary/aromatic N) is 8. The van der Waals surface area contributed by atoms with Crippen molar-refractivity contribution in [3.8, 4) is 0 Å². The molecule has 9 aromatic heterocycles. The number of hydrogen-bond acceptors (Lipinski definition) is 31. The number of fused-ring (bicyclic) bond motifs is 1. The third-order valence-corrected chi connectivity index (χ3v) is 16.6. The Morgan fingerprint density at radius 1 is 0.343 bits per heavy atom. The molecule has 2 amide bonds. The second-order valence-corrected chi connectivity index (χ2v) is 32.8. The van der Waals surface area contributed by atoms with E-state index in [4.69, 9.17) is 46.6 Å². The Morgan fingerprint density at radius 2 is 0.745 bits per heavy atom. The number of aromatic nitrogens is 9. The van der Waals surface area contributed by atoms with Gasteiger partial charge in [0.1, 0.15) is 29.1 Å². The average molecular weight is 1900 g/mol. The van der Waals surface area contributed by atoms with Crippen LogP contribution >= 0.6 is 0 Å². The molecule has 0 atom stereocenters. The van der Waals surface area contributed by atoms with Crippen molar-refractivity contribution in [3.63, 3.8) is 0 Å². The van der Waals surface area contributed by atoms with E-state index in [0.29, 0.717) is 101 Å². The predicted molar refractivity (Wildman–Crippen MR) is 519 cm³/mol. The largest absolute Gasteiger partial charge is 0.481 e. The van der Waals surface area contributed by atoms with Crippen LogP contribution in [0.4, 0.5) is 23.3 Å². The molecule has 0 fully saturated rings. The first kappa shape index (κ1) is 118. The molecule has 0 spiro atoms. The van der Waals surface area contributed by atoms with Crippen LogP contribution in [0.2, 0.25) is 0 Å². The highest BCUT2D eigenvalue weighted by atomic mass is 16.4. The van der Waals surface area contributed by atoms with Gasteiger partial charge < -0.3 is 115 Å². The molecule has 0 bridgehead atoms. The Labute approximate surface area is 795 Å². The van der Waals surface area contributed by atoms with Gasteiger partial charge in [-0.15, -0.1) is 0 Å². The number of ketones is 1. The number of carbonyl (C=O) groups excluding carboxylic acids is 3. The molecule has 42 nitrogen and oxygen atoms in total. The molecular formula is C95H130N22O20. The summed E-state index contributed by atoms with van der Waals surface area (Å²) in [5, 5.41) is 104. The highest BCUT2D eigenvalue weighted by molar-refractivity contribution is 5.94. The number of Topliss-reactive ketones (excluding diaryl/α,β-unsaturated/α-hetero) is 1. The van der Waals surface area contributed by atoms with Crippen molar-refractivity contribution >= 4 is 99.4 Å². The summed E-state index contributed by atoms with van der Waals surface area (Å²) in [5.74, 6) is -4.83. The SMILES string of the molecule is CC(=O)CNCc1cc(C)ccn1.CC(C)(C)C(=O)Nc1cccc(CNCC(=O)O)n1.CC(C)(C)C(=O)Nc1cccc(CNCCC(=O)O)n1.CC(C)(C)Nc1cccc(CNCC(=O)O)n1.Cc1ccc(CNCC(=O)O)nc1.Nc1cccc(CNCC(=O)O)n1.O=C(O)CNCCc1ccccn1.O=C(O)CNCc1cc2ccccc2cn1.O=C(O)CNCc1cccc(=O)[nH]1. The number of rotatable bonds is 41. The summed E-state index contributed by atoms with van der Waals surface area (Å²) in [7, 11) is 0. The quantitative estimate of drug-likeness (QED) is 0.0170. The molecule has 0 unspecified atom stereocenters. The minimum Gasteiger partial charge on any atom is -0.481 e. The van der Waals surface area contributed by atoms with Crippen LogP contribution in [0.15, 0.2) is 193 Å². The van der Waals surface area contributed by atoms with Crippen molar-refractivity contribution in [1.82, 2.24) is 92.7 Å². The summed E-state index contributed by atoms with van der Waals surface area (Å²) in [6.07, 6.45) is 7.89. The number of aryl methyl sites for hydroxylation is 2. The standard InChI is InChI=1S/C14H21N3O3.C13H19N3O3.C12H19N3O2.C12H12N2O2.C10H14N2O.2C9H12N2O2.C8H11N3O2.C8H10N2O3/c1-14(2,3)13(20)17-11-6-4-5-10(16-11)9-15-8-7-12(18)19;1-13(2,3)12(19)16-10-6-4-5-9(15-10)7-14-8-11(17)18;1-12(2,3)15-10-6-4-5-9(14-10)7-13-8-11(16)17;15-12(16)8-13-7-11-5-9-3-1-2-4-10(9)6-14-11;1-8-3-4-12-10(5-8)7-11-6-9(2)13;1-7-2-3-8(11-4-7)5-10-6-9(12)13;12-9(13)7-10-6-4-8-3-1-2-5-11-8;9-7-3-1-2-6(11-7)4-10-5-8(12)13;11-7-3-1-2-6(10-7)4-9-5-8(12)13/h4-6,15H,7-9H2,1-3H3,(H,18,19)(H,16,17,20);4-6,14H,7-8H2,1-3H3,(H,17,18)(H,15,16,19);4-6,13H,7-8H2,1-3H3,(H,14,15)(H,16,17);1-6,13H,7-8H2,(H,15,16);3-5,11H,6-7H2,1-2H3;2-4,10H,5-6H2,1H3,(H,12,13);1-3,5,10H,4,6-7H2,(H,12,13);1-3,10H,4-5H2,(H2,9,11)(H,12,13);1-3,9H,4-5H2,(H,10,11)(H,12,13). The molecule has 740 valence electrons. The van der Waals surface area contributed by atoms with Gasteiger partial charge in [-0.1, -0.05) is 108 Å². The van der Waals surface area contributed by atoms with Gasteiger partial charge in [0.25, 0.3) is 0 Å². The first-order chi connectivity index (χ1) is 64.7. The Bertz CT molecular complexity index is 5340. The highest BCUT2D eigenvalue weighted by Crippen LogP contribution is 2.19. The smallest absolute Gasteiger partial charge is 0.317 e. The minimum absolute atomic E-state index is 0.00678. The van der Waals surface area contributed by atoms with Crippen molar-refractivity contribution in [2.45, 2.75) is 154 Å². The lowest BCUT2D eigenvalue weighted by atomic mass is 9.96. The third-order valence-electron chi connectivity index (χ3n) is 16.6. The number of benzene rings is 1. The number of nitrogens with two attached hydrogens (primary N) is 1. The third kappa shape index (κ3) is 63.9. The zero-order chi connectivity index (χ0) is 102. The van der Waals surface area contributed by atoms with Gasteiger partial charge in [-0.3, -0.25) is 77.5 Å². The molecule has 0 saturated carbocycles. The lowest BCUT2D eigenvalue weighted by Crippen LogP contribution is -2.28. The van der Waals surface area contributed by atoms with Crippen LogP contribution in [-0.4, -0.2) is 222 Å². The fourth-order valence-corrected chi connectivity index (χ4v) is 10.2. The Hall–Kier alpha value is -14.8. The molecule has 9 heterocycles. The van der Waals surface area contributed by atoms with E-state index in [1.54, 1.807) is 92.4 Å². The molecule has 10 rings (SSSR count). The summed E-state index contributed by atoms with van der Waals surface area (Å²) < 4.78 is 0. The number of hydrogen-bond donors (Lipinski definition) is 22. The molecule has 0 aliphatic rings. The van der Waals surface area contributed by atoms with Gasteiger partial charge in [-0.05, 0) is 149 Å². The number of amides is 2. The zero-order valence-electron chi connectivity index (χ0n) is 79.2. The molecule has 0 saturated heterocycles. The van der Waals surface area contributed by atoms with Crippen LogP contribution in [0.5, 0.6) is 0 Å². The van der Waals surface area contributed by atoms with Crippen molar-refractivity contribution < 1.29 is 93.6 Å². The van der Waals surface area contributed by atoms with E-state index in [-0.39, 0.29) is 80.9 Å². The van der Waals surface area contributed by atoms with Gasteiger partial charge in [-0.2, -0.15) is 0 Å². The van der Waals surface area contributed by atoms with E-state index in [9.17, 15) is 57.5 Å².